The third-order valence-electron chi connectivity index (χ3n) is 5.27. The number of nitrogens with two attached hydrogens (primary N) is 1. The van der Waals surface area contributed by atoms with Gasteiger partial charge in [-0.25, -0.2) is 4.68 Å². The molecule has 0 radical (unpaired) electrons. The van der Waals surface area contributed by atoms with Gasteiger partial charge in [-0.1, -0.05) is 43.8 Å². The van der Waals surface area contributed by atoms with Crippen molar-refractivity contribution in [2.45, 2.75) is 38.1 Å². The second-order valence-electron chi connectivity index (χ2n) is 8.01. The minimum Gasteiger partial charge on any atom is -0.493 e. The number of hydrogen-bond donors (Lipinski definition) is 1. The van der Waals surface area contributed by atoms with E-state index in [1.54, 1.807) is 26.2 Å². The molecule has 2 N–H and O–H groups in total. The van der Waals surface area contributed by atoms with Gasteiger partial charge in [-0.15, -0.1) is 10.2 Å². The fourth-order valence-electron chi connectivity index (χ4n) is 3.18. The molecule has 0 atom stereocenters. The molecule has 10 heteroatoms. The standard InChI is InChI=1S/C24H31N5O4S/c1-16(2)18-7-9-19(10-8-18)33-14-22-26-27-24(29(22)25)34-15-23(30)28(3)13-17-6-11-20(31-4)21(12-17)32-5/h6-12,16H,13-15,25H2,1-5H3. The highest BCUT2D eigenvalue weighted by Gasteiger charge is 2.16. The Hall–Kier alpha value is -3.40. The maximum Gasteiger partial charge on any atom is 0.233 e. The Kier molecular flexibility index (Phi) is 8.64. The molecule has 3 rings (SSSR count). The van der Waals surface area contributed by atoms with E-state index in [1.165, 1.54) is 22.0 Å². The number of hydrogen-bond acceptors (Lipinski definition) is 8. The van der Waals surface area contributed by atoms with Gasteiger partial charge >= 0.3 is 0 Å². The Labute approximate surface area is 204 Å². The van der Waals surface area contributed by atoms with Gasteiger partial charge in [0, 0.05) is 13.6 Å². The zero-order chi connectivity index (χ0) is 24.7. The number of benzene rings is 2. The molecule has 0 spiro atoms. The number of thioether (sulfide) groups is 1. The monoisotopic (exact) mass is 485 g/mol. The lowest BCUT2D eigenvalue weighted by Crippen LogP contribution is -2.28. The van der Waals surface area contributed by atoms with E-state index in [9.17, 15) is 4.79 Å². The van der Waals surface area contributed by atoms with E-state index in [4.69, 9.17) is 20.1 Å². The summed E-state index contributed by atoms with van der Waals surface area (Å²) in [7, 11) is 4.91. The maximum atomic E-state index is 12.6. The van der Waals surface area contributed by atoms with Crippen molar-refractivity contribution in [3.05, 3.63) is 59.4 Å². The molecular weight excluding hydrogens is 454 g/mol. The Morgan fingerprint density at radius 3 is 2.44 bits per heavy atom. The molecule has 0 bridgehead atoms. The molecule has 1 heterocycles. The summed E-state index contributed by atoms with van der Waals surface area (Å²) >= 11 is 1.23. The molecule has 0 unspecified atom stereocenters. The minimum atomic E-state index is -0.0640. The van der Waals surface area contributed by atoms with Crippen molar-refractivity contribution < 1.29 is 19.0 Å². The van der Waals surface area contributed by atoms with Crippen LogP contribution in [0.5, 0.6) is 17.2 Å². The van der Waals surface area contributed by atoms with Gasteiger partial charge in [0.25, 0.3) is 0 Å². The van der Waals surface area contributed by atoms with Gasteiger partial charge in [-0.05, 0) is 41.3 Å². The minimum absolute atomic E-state index is 0.0640. The van der Waals surface area contributed by atoms with Gasteiger partial charge in [0.05, 0.1) is 20.0 Å². The molecule has 0 aliphatic rings. The summed E-state index contributed by atoms with van der Waals surface area (Å²) in [4.78, 5) is 14.3. The summed E-state index contributed by atoms with van der Waals surface area (Å²) in [6.45, 7) is 4.90. The van der Waals surface area contributed by atoms with Crippen LogP contribution in [0.2, 0.25) is 0 Å². The number of amides is 1. The van der Waals surface area contributed by atoms with Crippen LogP contribution in [0.3, 0.4) is 0 Å². The fraction of sp³-hybridized carbons (Fsp3) is 0.375. The van der Waals surface area contributed by atoms with Crippen molar-refractivity contribution in [1.82, 2.24) is 19.8 Å². The van der Waals surface area contributed by atoms with Gasteiger partial charge in [0.2, 0.25) is 11.1 Å². The maximum absolute atomic E-state index is 12.6. The van der Waals surface area contributed by atoms with Gasteiger partial charge in [0.15, 0.2) is 17.3 Å². The highest BCUT2D eigenvalue weighted by Crippen LogP contribution is 2.28. The predicted molar refractivity (Wildman–Crippen MR) is 132 cm³/mol. The second-order valence-corrected chi connectivity index (χ2v) is 8.95. The lowest BCUT2D eigenvalue weighted by Gasteiger charge is -2.18. The molecule has 0 aliphatic heterocycles. The van der Waals surface area contributed by atoms with E-state index < -0.39 is 0 Å². The van der Waals surface area contributed by atoms with E-state index in [0.29, 0.717) is 34.9 Å². The van der Waals surface area contributed by atoms with Crippen molar-refractivity contribution in [2.24, 2.45) is 0 Å². The van der Waals surface area contributed by atoms with Crippen LogP contribution in [0, 0.1) is 0 Å². The number of rotatable bonds is 11. The average Bonchev–Trinajstić information content (AvgIpc) is 3.20. The number of methoxy groups -OCH3 is 2. The fourth-order valence-corrected chi connectivity index (χ4v) is 3.99. The van der Waals surface area contributed by atoms with Crippen molar-refractivity contribution in [3.63, 3.8) is 0 Å². The zero-order valence-electron chi connectivity index (χ0n) is 20.1. The lowest BCUT2D eigenvalue weighted by atomic mass is 10.0. The van der Waals surface area contributed by atoms with Crippen LogP contribution in [-0.2, 0) is 17.9 Å². The van der Waals surface area contributed by atoms with Crippen LogP contribution in [0.4, 0.5) is 0 Å². The number of nitrogen functional groups attached to an aromatic ring is 1. The Bertz CT molecular complexity index is 1100. The number of ether oxygens (including phenoxy) is 3. The summed E-state index contributed by atoms with van der Waals surface area (Å²) in [6.07, 6.45) is 0. The van der Waals surface area contributed by atoms with Gasteiger partial charge in [0.1, 0.15) is 12.4 Å². The number of nitrogens with zero attached hydrogens (tertiary/aromatic N) is 4. The Balaban J connectivity index is 1.52. The topological polar surface area (TPSA) is 105 Å². The van der Waals surface area contributed by atoms with Crippen LogP contribution < -0.4 is 20.1 Å². The molecule has 9 nitrogen and oxygen atoms in total. The molecule has 0 aliphatic carbocycles. The SMILES string of the molecule is COc1ccc(CN(C)C(=O)CSc2nnc(COc3ccc(C(C)C)cc3)n2N)cc1OC. The van der Waals surface area contributed by atoms with Crippen LogP contribution in [0.1, 0.15) is 36.7 Å². The summed E-state index contributed by atoms with van der Waals surface area (Å²) in [6, 6.07) is 13.5. The highest BCUT2D eigenvalue weighted by atomic mass is 32.2. The normalized spacial score (nSPS) is 10.9. The number of aromatic nitrogens is 3. The molecule has 0 saturated carbocycles. The summed E-state index contributed by atoms with van der Waals surface area (Å²) < 4.78 is 17.7. The van der Waals surface area contributed by atoms with Crippen LogP contribution in [-0.4, -0.2) is 52.7 Å². The number of carbonyl (C=O) groups is 1. The molecule has 0 saturated heterocycles. The highest BCUT2D eigenvalue weighted by molar-refractivity contribution is 7.99. The molecule has 34 heavy (non-hydrogen) atoms. The first-order valence-corrected chi connectivity index (χ1v) is 11.8. The molecule has 1 amide bonds. The van der Waals surface area contributed by atoms with Crippen molar-refractivity contribution >= 4 is 17.7 Å². The van der Waals surface area contributed by atoms with E-state index in [-0.39, 0.29) is 18.3 Å². The summed E-state index contributed by atoms with van der Waals surface area (Å²) in [5.41, 5.74) is 2.18. The molecule has 182 valence electrons. The van der Waals surface area contributed by atoms with Crippen LogP contribution >= 0.6 is 11.8 Å². The van der Waals surface area contributed by atoms with Crippen LogP contribution in [0.25, 0.3) is 0 Å². The molecular formula is C24H31N5O4S. The molecule has 2 aromatic carbocycles. The van der Waals surface area contributed by atoms with Crippen molar-refractivity contribution in [1.29, 1.82) is 0 Å². The van der Waals surface area contributed by atoms with Crippen LogP contribution in [0.15, 0.2) is 47.6 Å². The molecule has 3 aromatic rings. The lowest BCUT2D eigenvalue weighted by molar-refractivity contribution is -0.127. The smallest absolute Gasteiger partial charge is 0.233 e. The first kappa shape index (κ1) is 25.2. The number of carbonyl (C=O) groups excluding carboxylic acids is 1. The third-order valence-corrected chi connectivity index (χ3v) is 6.20. The Morgan fingerprint density at radius 2 is 1.79 bits per heavy atom. The van der Waals surface area contributed by atoms with E-state index in [1.807, 2.05) is 42.5 Å². The quantitative estimate of drug-likeness (QED) is 0.325. The van der Waals surface area contributed by atoms with Crippen molar-refractivity contribution in [3.8, 4) is 17.2 Å². The van der Waals surface area contributed by atoms with E-state index in [0.717, 1.165) is 11.3 Å². The van der Waals surface area contributed by atoms with E-state index >= 15 is 0 Å². The average molecular weight is 486 g/mol. The first-order chi connectivity index (χ1) is 16.3. The first-order valence-electron chi connectivity index (χ1n) is 10.8. The largest absolute Gasteiger partial charge is 0.493 e. The zero-order valence-corrected chi connectivity index (χ0v) is 21.0. The van der Waals surface area contributed by atoms with Gasteiger partial charge < -0.3 is 25.0 Å². The summed E-state index contributed by atoms with van der Waals surface area (Å²) in [5, 5.41) is 8.63. The van der Waals surface area contributed by atoms with E-state index in [2.05, 4.69) is 24.0 Å². The second kappa shape index (κ2) is 11.6. The third kappa shape index (κ3) is 6.34. The van der Waals surface area contributed by atoms with Crippen molar-refractivity contribution in [2.75, 3.05) is 32.9 Å². The van der Waals surface area contributed by atoms with Gasteiger partial charge in [-0.2, -0.15) is 0 Å². The summed E-state index contributed by atoms with van der Waals surface area (Å²) in [5.74, 6) is 9.16. The predicted octanol–water partition coefficient (Wildman–Crippen LogP) is 3.46. The molecule has 1 aromatic heterocycles. The van der Waals surface area contributed by atoms with Gasteiger partial charge in [-0.3, -0.25) is 4.79 Å². The Morgan fingerprint density at radius 1 is 1.09 bits per heavy atom. The molecule has 0 fully saturated rings.